The summed E-state index contributed by atoms with van der Waals surface area (Å²) in [6.45, 7) is -0.146. The van der Waals surface area contributed by atoms with Gasteiger partial charge in [-0.05, 0) is 34.9 Å². The normalized spacial score (nSPS) is 10.6. The number of tetrazole rings is 1. The molecule has 9 heteroatoms. The van der Waals surface area contributed by atoms with Gasteiger partial charge in [0.2, 0.25) is 11.7 Å². The third-order valence-corrected chi connectivity index (χ3v) is 3.90. The Kier molecular flexibility index (Phi) is 4.25. The van der Waals surface area contributed by atoms with Crippen LogP contribution in [0.15, 0.2) is 39.5 Å². The van der Waals surface area contributed by atoms with Crippen LogP contribution in [0, 0.1) is 5.82 Å². The lowest BCUT2D eigenvalue weighted by Crippen LogP contribution is -2.21. The van der Waals surface area contributed by atoms with E-state index >= 15 is 0 Å². The Morgan fingerprint density at radius 1 is 1.41 bits per heavy atom. The zero-order valence-corrected chi connectivity index (χ0v) is 13.4. The molecule has 112 valence electrons. The smallest absolute Gasteiger partial charge is 0.248 e. The zero-order valence-electron chi connectivity index (χ0n) is 11.0. The van der Waals surface area contributed by atoms with Crippen LogP contribution >= 0.6 is 27.3 Å². The summed E-state index contributed by atoms with van der Waals surface area (Å²) >= 11 is 4.67. The van der Waals surface area contributed by atoms with Crippen molar-refractivity contribution in [1.29, 1.82) is 0 Å². The molecule has 1 N–H and O–H groups in total. The van der Waals surface area contributed by atoms with E-state index in [-0.39, 0.29) is 12.2 Å². The van der Waals surface area contributed by atoms with Crippen LogP contribution in [-0.2, 0) is 11.3 Å². The van der Waals surface area contributed by atoms with E-state index in [0.29, 0.717) is 10.3 Å². The molecule has 0 aliphatic rings. The Balaban J connectivity index is 1.67. The van der Waals surface area contributed by atoms with Crippen molar-refractivity contribution < 1.29 is 9.18 Å². The topological polar surface area (TPSA) is 72.7 Å². The number of carbonyl (C=O) groups excluding carboxylic acids is 1. The largest absolute Gasteiger partial charge is 0.322 e. The maximum absolute atomic E-state index is 13.6. The number of aromatic nitrogens is 4. The summed E-state index contributed by atoms with van der Waals surface area (Å²) in [5, 5.41) is 18.1. The number of rotatable bonds is 4. The number of thiophene rings is 1. The average molecular weight is 382 g/mol. The van der Waals surface area contributed by atoms with Gasteiger partial charge in [0.1, 0.15) is 12.4 Å². The minimum atomic E-state index is -0.520. The van der Waals surface area contributed by atoms with Gasteiger partial charge in [-0.2, -0.15) is 16.1 Å². The Morgan fingerprint density at radius 2 is 2.27 bits per heavy atom. The van der Waals surface area contributed by atoms with Crippen LogP contribution in [-0.4, -0.2) is 26.1 Å². The lowest BCUT2D eigenvalue weighted by molar-refractivity contribution is -0.117. The van der Waals surface area contributed by atoms with Crippen molar-refractivity contribution in [1.82, 2.24) is 20.2 Å². The SMILES string of the molecule is O=C(Cn1nnc(-c2ccsc2)n1)Nc1ccc(Br)cc1F. The number of amides is 1. The molecule has 3 aromatic rings. The molecule has 0 saturated carbocycles. The molecule has 0 aliphatic carbocycles. The first-order chi connectivity index (χ1) is 10.6. The van der Waals surface area contributed by atoms with E-state index in [9.17, 15) is 9.18 Å². The van der Waals surface area contributed by atoms with Gasteiger partial charge in [-0.3, -0.25) is 4.79 Å². The molecule has 3 rings (SSSR count). The Bertz CT molecular complexity index is 805. The fourth-order valence-corrected chi connectivity index (χ4v) is 2.69. The average Bonchev–Trinajstić information content (AvgIpc) is 3.12. The molecular formula is C13H9BrFN5OS. The lowest BCUT2D eigenvalue weighted by Gasteiger charge is -2.05. The molecule has 1 amide bonds. The predicted molar refractivity (Wildman–Crippen MR) is 83.9 cm³/mol. The predicted octanol–water partition coefficient (Wildman–Crippen LogP) is 2.94. The number of hydrogen-bond donors (Lipinski definition) is 1. The summed E-state index contributed by atoms with van der Waals surface area (Å²) in [6, 6.07) is 6.26. The van der Waals surface area contributed by atoms with Crippen LogP contribution in [0.2, 0.25) is 0 Å². The van der Waals surface area contributed by atoms with Gasteiger partial charge in [0.25, 0.3) is 0 Å². The van der Waals surface area contributed by atoms with Gasteiger partial charge in [0.05, 0.1) is 5.69 Å². The molecular weight excluding hydrogens is 373 g/mol. The van der Waals surface area contributed by atoms with Gasteiger partial charge in [-0.25, -0.2) is 4.39 Å². The molecule has 0 spiro atoms. The van der Waals surface area contributed by atoms with Gasteiger partial charge in [-0.1, -0.05) is 15.9 Å². The number of anilines is 1. The molecule has 0 radical (unpaired) electrons. The van der Waals surface area contributed by atoms with Crippen molar-refractivity contribution in [3.63, 3.8) is 0 Å². The highest BCUT2D eigenvalue weighted by Crippen LogP contribution is 2.19. The molecule has 0 saturated heterocycles. The lowest BCUT2D eigenvalue weighted by atomic mass is 10.3. The number of benzene rings is 1. The summed E-state index contributed by atoms with van der Waals surface area (Å²) in [7, 11) is 0. The molecule has 0 unspecified atom stereocenters. The standard InChI is InChI=1S/C13H9BrFN5OS/c14-9-1-2-11(10(15)5-9)16-12(21)6-20-18-13(17-19-20)8-3-4-22-7-8/h1-5,7H,6H2,(H,16,21). The first-order valence-electron chi connectivity index (χ1n) is 6.17. The summed E-state index contributed by atoms with van der Waals surface area (Å²) in [6.07, 6.45) is 0. The maximum Gasteiger partial charge on any atom is 0.248 e. The molecule has 0 fully saturated rings. The molecule has 6 nitrogen and oxygen atoms in total. The van der Waals surface area contributed by atoms with Gasteiger partial charge < -0.3 is 5.32 Å². The van der Waals surface area contributed by atoms with Gasteiger partial charge in [0.15, 0.2) is 0 Å². The van der Waals surface area contributed by atoms with Gasteiger partial charge in [-0.15, -0.1) is 10.2 Å². The minimum Gasteiger partial charge on any atom is -0.322 e. The van der Waals surface area contributed by atoms with Crippen molar-refractivity contribution in [3.8, 4) is 11.4 Å². The summed E-state index contributed by atoms with van der Waals surface area (Å²) in [4.78, 5) is 13.1. The van der Waals surface area contributed by atoms with Crippen LogP contribution in [0.25, 0.3) is 11.4 Å². The van der Waals surface area contributed by atoms with Crippen molar-refractivity contribution in [2.45, 2.75) is 6.54 Å². The van der Waals surface area contributed by atoms with E-state index in [1.807, 2.05) is 16.8 Å². The second-order valence-electron chi connectivity index (χ2n) is 4.33. The molecule has 0 bridgehead atoms. The van der Waals surface area contributed by atoms with E-state index < -0.39 is 11.7 Å². The third kappa shape index (κ3) is 3.37. The minimum absolute atomic E-state index is 0.103. The van der Waals surface area contributed by atoms with E-state index in [0.717, 1.165) is 5.56 Å². The molecule has 1 aromatic carbocycles. The highest BCUT2D eigenvalue weighted by molar-refractivity contribution is 9.10. The summed E-state index contributed by atoms with van der Waals surface area (Å²) in [5.41, 5.74) is 0.946. The van der Waals surface area contributed by atoms with Crippen LogP contribution in [0.4, 0.5) is 10.1 Å². The number of halogens is 2. The van der Waals surface area contributed by atoms with Crippen LogP contribution < -0.4 is 5.32 Å². The first-order valence-corrected chi connectivity index (χ1v) is 7.91. The van der Waals surface area contributed by atoms with E-state index in [2.05, 4.69) is 36.7 Å². The third-order valence-electron chi connectivity index (χ3n) is 2.72. The Labute approximate surface area is 137 Å². The molecule has 2 heterocycles. The van der Waals surface area contributed by atoms with E-state index in [1.165, 1.54) is 28.3 Å². The number of nitrogens with one attached hydrogen (secondary N) is 1. The first kappa shape index (κ1) is 14.8. The van der Waals surface area contributed by atoms with E-state index in [1.54, 1.807) is 6.07 Å². The van der Waals surface area contributed by atoms with Gasteiger partial charge >= 0.3 is 0 Å². The summed E-state index contributed by atoms with van der Waals surface area (Å²) < 4.78 is 14.2. The highest BCUT2D eigenvalue weighted by Gasteiger charge is 2.11. The molecule has 2 aromatic heterocycles. The second-order valence-corrected chi connectivity index (χ2v) is 6.02. The Morgan fingerprint density at radius 3 is 3.00 bits per heavy atom. The monoisotopic (exact) mass is 381 g/mol. The molecule has 0 aliphatic heterocycles. The van der Waals surface area contributed by atoms with Crippen LogP contribution in [0.3, 0.4) is 0 Å². The molecule has 22 heavy (non-hydrogen) atoms. The Hall–Kier alpha value is -2.13. The van der Waals surface area contributed by atoms with Crippen molar-refractivity contribution in [2.75, 3.05) is 5.32 Å². The van der Waals surface area contributed by atoms with Crippen LogP contribution in [0.1, 0.15) is 0 Å². The maximum atomic E-state index is 13.6. The van der Waals surface area contributed by atoms with Crippen molar-refractivity contribution >= 4 is 38.9 Å². The fourth-order valence-electron chi connectivity index (χ4n) is 1.73. The second kappa shape index (κ2) is 6.32. The number of hydrogen-bond acceptors (Lipinski definition) is 5. The zero-order chi connectivity index (χ0) is 15.5. The summed E-state index contributed by atoms with van der Waals surface area (Å²) in [5.74, 6) is -0.507. The van der Waals surface area contributed by atoms with E-state index in [4.69, 9.17) is 0 Å². The van der Waals surface area contributed by atoms with Crippen molar-refractivity contribution in [2.24, 2.45) is 0 Å². The van der Waals surface area contributed by atoms with Crippen molar-refractivity contribution in [3.05, 3.63) is 45.3 Å². The molecule has 0 atom stereocenters. The highest BCUT2D eigenvalue weighted by atomic mass is 79.9. The quantitative estimate of drug-likeness (QED) is 0.753. The number of carbonyl (C=O) groups is 1. The van der Waals surface area contributed by atoms with Gasteiger partial charge in [0, 0.05) is 15.4 Å². The van der Waals surface area contributed by atoms with Crippen LogP contribution in [0.5, 0.6) is 0 Å². The fraction of sp³-hybridized carbons (Fsp3) is 0.0769. The number of nitrogens with zero attached hydrogens (tertiary/aromatic N) is 4.